The van der Waals surface area contributed by atoms with E-state index in [0.29, 0.717) is 34.6 Å². The number of ether oxygens (including phenoxy) is 2. The molecule has 0 radical (unpaired) electrons. The van der Waals surface area contributed by atoms with Crippen LogP contribution in [0.15, 0.2) is 64.3 Å². The largest absolute Gasteiger partial charge is 0.490 e. The minimum absolute atomic E-state index is 0.0409. The number of benzene rings is 2. The first-order valence-corrected chi connectivity index (χ1v) is 12.0. The number of methoxy groups -OCH3 is 1. The number of anilines is 1. The molecule has 0 fully saturated rings. The van der Waals surface area contributed by atoms with E-state index in [-0.39, 0.29) is 26.8 Å². The molecular weight excluding hydrogens is 480 g/mol. The molecule has 2 aromatic carbocycles. The number of aromatic nitrogens is 1. The van der Waals surface area contributed by atoms with E-state index < -0.39 is 17.9 Å². The zero-order chi connectivity index (χ0) is 25.6. The molecule has 0 aliphatic carbocycles. The Balaban J connectivity index is 1.72. The van der Waals surface area contributed by atoms with E-state index in [4.69, 9.17) is 13.9 Å². The fourth-order valence-corrected chi connectivity index (χ4v) is 5.28. The van der Waals surface area contributed by atoms with Gasteiger partial charge in [-0.2, -0.15) is 0 Å². The number of carbonyl (C=O) groups excluding carboxylic acids is 2. The Bertz CT molecular complexity index is 1580. The number of rotatable bonds is 6. The summed E-state index contributed by atoms with van der Waals surface area (Å²) in [7, 11) is 1.28. The maximum atomic E-state index is 13.7. The summed E-state index contributed by atoms with van der Waals surface area (Å²) in [4.78, 5) is 45.9. The van der Waals surface area contributed by atoms with Crippen LogP contribution >= 0.6 is 11.3 Å². The smallest absolute Gasteiger partial charge is 0.350 e. The van der Waals surface area contributed by atoms with Gasteiger partial charge in [-0.15, -0.1) is 0 Å². The van der Waals surface area contributed by atoms with Gasteiger partial charge in [0, 0.05) is 0 Å². The van der Waals surface area contributed by atoms with Crippen LogP contribution in [0.1, 0.15) is 48.7 Å². The van der Waals surface area contributed by atoms with Crippen molar-refractivity contribution in [2.24, 2.45) is 0 Å². The van der Waals surface area contributed by atoms with Gasteiger partial charge in [-0.05, 0) is 43.7 Å². The van der Waals surface area contributed by atoms with E-state index in [0.717, 1.165) is 16.9 Å². The molecule has 1 amide bonds. The van der Waals surface area contributed by atoms with Crippen LogP contribution in [0.25, 0.3) is 11.0 Å². The number of hydrogen-bond donors (Lipinski definition) is 0. The van der Waals surface area contributed by atoms with E-state index in [9.17, 15) is 14.4 Å². The molecule has 0 N–H and O–H groups in total. The summed E-state index contributed by atoms with van der Waals surface area (Å²) in [6.45, 7) is 7.55. The lowest BCUT2D eigenvalue weighted by Gasteiger charge is -2.22. The lowest BCUT2D eigenvalue weighted by molar-refractivity contribution is 0.0605. The molecule has 5 rings (SSSR count). The highest BCUT2D eigenvalue weighted by Gasteiger charge is 2.45. The number of nitrogens with zero attached hydrogens (tertiary/aromatic N) is 2. The van der Waals surface area contributed by atoms with Crippen LogP contribution in [0.4, 0.5) is 5.13 Å². The number of hydrogen-bond acceptors (Lipinski definition) is 8. The van der Waals surface area contributed by atoms with Crippen LogP contribution in [0.5, 0.6) is 5.75 Å². The van der Waals surface area contributed by atoms with Gasteiger partial charge in [-0.25, -0.2) is 9.78 Å². The Morgan fingerprint density at radius 3 is 2.64 bits per heavy atom. The first-order valence-electron chi connectivity index (χ1n) is 11.1. The number of esters is 1. The molecule has 4 aromatic rings. The van der Waals surface area contributed by atoms with E-state index in [1.807, 2.05) is 13.0 Å². The van der Waals surface area contributed by atoms with Crippen molar-refractivity contribution in [1.82, 2.24) is 4.98 Å². The van der Waals surface area contributed by atoms with Gasteiger partial charge in [0.05, 0.1) is 29.8 Å². The van der Waals surface area contributed by atoms with E-state index in [1.54, 1.807) is 49.4 Å². The summed E-state index contributed by atoms with van der Waals surface area (Å²) in [6, 6.07) is 11.6. The molecule has 1 atom stereocenters. The van der Waals surface area contributed by atoms with Crippen LogP contribution in [0.2, 0.25) is 0 Å². The second kappa shape index (κ2) is 9.09. The van der Waals surface area contributed by atoms with Crippen molar-refractivity contribution in [1.29, 1.82) is 0 Å². The Hall–Kier alpha value is -4.24. The molecule has 1 unspecified atom stereocenters. The predicted molar refractivity (Wildman–Crippen MR) is 136 cm³/mol. The molecule has 0 saturated heterocycles. The van der Waals surface area contributed by atoms with Crippen molar-refractivity contribution in [3.05, 3.63) is 98.4 Å². The Morgan fingerprint density at radius 2 is 1.94 bits per heavy atom. The van der Waals surface area contributed by atoms with E-state index in [2.05, 4.69) is 11.6 Å². The highest BCUT2D eigenvalue weighted by molar-refractivity contribution is 7.17. The van der Waals surface area contributed by atoms with E-state index in [1.165, 1.54) is 12.0 Å². The van der Waals surface area contributed by atoms with Crippen molar-refractivity contribution < 1.29 is 23.5 Å². The maximum Gasteiger partial charge on any atom is 0.350 e. The van der Waals surface area contributed by atoms with Gasteiger partial charge in [0.1, 0.15) is 22.8 Å². The average molecular weight is 503 g/mol. The zero-order valence-corrected chi connectivity index (χ0v) is 20.7. The zero-order valence-electron chi connectivity index (χ0n) is 19.9. The first kappa shape index (κ1) is 23.5. The highest BCUT2D eigenvalue weighted by Crippen LogP contribution is 2.43. The van der Waals surface area contributed by atoms with Crippen molar-refractivity contribution in [3.63, 3.8) is 0 Å². The molecule has 9 heteroatoms. The summed E-state index contributed by atoms with van der Waals surface area (Å²) in [5.74, 6) is -0.474. The molecule has 1 aliphatic heterocycles. The van der Waals surface area contributed by atoms with E-state index >= 15 is 0 Å². The second-order valence-electron chi connectivity index (χ2n) is 8.32. The Kier molecular flexibility index (Phi) is 5.93. The minimum Gasteiger partial charge on any atom is -0.490 e. The monoisotopic (exact) mass is 502 g/mol. The first-order chi connectivity index (χ1) is 17.3. The lowest BCUT2D eigenvalue weighted by Crippen LogP contribution is -2.29. The number of carbonyl (C=O) groups is 2. The number of fused-ring (bicyclic) bond motifs is 2. The minimum atomic E-state index is -0.807. The Labute approximate surface area is 210 Å². The molecule has 1 aliphatic rings. The predicted octanol–water partition coefficient (Wildman–Crippen LogP) is 4.97. The van der Waals surface area contributed by atoms with Crippen molar-refractivity contribution >= 4 is 39.3 Å². The molecule has 0 bridgehead atoms. The molecule has 3 heterocycles. The van der Waals surface area contributed by atoms with Crippen molar-refractivity contribution in [2.75, 3.05) is 18.6 Å². The summed E-state index contributed by atoms with van der Waals surface area (Å²) in [5.41, 5.74) is 2.26. The third-order valence-electron chi connectivity index (χ3n) is 5.95. The van der Waals surface area contributed by atoms with Crippen molar-refractivity contribution in [3.8, 4) is 5.75 Å². The number of aryl methyl sites for hydroxylation is 2. The average Bonchev–Trinajstić information content (AvgIpc) is 3.40. The molecule has 0 saturated carbocycles. The summed E-state index contributed by atoms with van der Waals surface area (Å²) in [6.07, 6.45) is 1.64. The van der Waals surface area contributed by atoms with Gasteiger partial charge in [0.2, 0.25) is 5.76 Å². The summed E-state index contributed by atoms with van der Waals surface area (Å²) < 4.78 is 16.4. The molecule has 0 spiro atoms. The highest BCUT2D eigenvalue weighted by atomic mass is 32.1. The third kappa shape index (κ3) is 3.77. The standard InChI is InChI=1S/C27H22N2O6S/c1-5-12-34-17-9-7-16(8-10-17)21-20-22(30)18-13-14(2)6-11-19(18)35-23(20)25(31)29(21)27-28-15(3)24(36-27)26(32)33-4/h5-11,13,21H,1,12H2,2-4H3. The van der Waals surface area contributed by atoms with Crippen LogP contribution in [-0.4, -0.2) is 30.6 Å². The van der Waals surface area contributed by atoms with Gasteiger partial charge in [-0.3, -0.25) is 14.5 Å². The molecular formula is C27H22N2O6S. The maximum absolute atomic E-state index is 13.7. The van der Waals surface area contributed by atoms with Crippen LogP contribution in [-0.2, 0) is 4.74 Å². The van der Waals surface area contributed by atoms with Gasteiger partial charge in [0.25, 0.3) is 5.91 Å². The fourth-order valence-electron chi connectivity index (χ4n) is 4.27. The van der Waals surface area contributed by atoms with Gasteiger partial charge < -0.3 is 13.9 Å². The third-order valence-corrected chi connectivity index (χ3v) is 7.09. The quantitative estimate of drug-likeness (QED) is 0.271. The summed E-state index contributed by atoms with van der Waals surface area (Å²) >= 11 is 1.03. The van der Waals surface area contributed by atoms with Gasteiger partial charge in [-0.1, -0.05) is 47.8 Å². The van der Waals surface area contributed by atoms with Crippen LogP contribution in [0, 0.1) is 13.8 Å². The molecule has 182 valence electrons. The summed E-state index contributed by atoms with van der Waals surface area (Å²) in [5, 5.41) is 0.658. The normalized spacial score (nSPS) is 14.7. The fraction of sp³-hybridized carbons (Fsp3) is 0.185. The van der Waals surface area contributed by atoms with Crippen LogP contribution < -0.4 is 15.1 Å². The van der Waals surface area contributed by atoms with Gasteiger partial charge in [0.15, 0.2) is 10.6 Å². The number of amides is 1. The second-order valence-corrected chi connectivity index (χ2v) is 9.30. The lowest BCUT2D eigenvalue weighted by atomic mass is 9.98. The SMILES string of the molecule is C=CCOc1ccc(C2c3c(oc4ccc(C)cc4c3=O)C(=O)N2c2nc(C)c(C(=O)OC)s2)cc1. The van der Waals surface area contributed by atoms with Crippen molar-refractivity contribution in [2.45, 2.75) is 19.9 Å². The Morgan fingerprint density at radius 1 is 1.19 bits per heavy atom. The molecule has 8 nitrogen and oxygen atoms in total. The van der Waals surface area contributed by atoms with Gasteiger partial charge >= 0.3 is 5.97 Å². The topological polar surface area (TPSA) is 98.9 Å². The molecule has 36 heavy (non-hydrogen) atoms. The number of thiazole rings is 1. The van der Waals surface area contributed by atoms with Crippen LogP contribution in [0.3, 0.4) is 0 Å². The molecule has 2 aromatic heterocycles.